The zero-order valence-corrected chi connectivity index (χ0v) is 11.6. The number of aliphatic carboxylic acids is 1. The number of carbonyl (C=O) groups is 3. The lowest BCUT2D eigenvalue weighted by Crippen LogP contribution is -2.16. The van der Waals surface area contributed by atoms with Crippen LogP contribution in [0.4, 0.5) is 0 Å². The maximum Gasteiger partial charge on any atom is 0.341 e. The third-order valence-corrected chi connectivity index (χ3v) is 1.57. The number of hydrogen-bond donors (Lipinski definition) is 1. The van der Waals surface area contributed by atoms with E-state index < -0.39 is 17.9 Å². The molecular formula is C14H20O5. The summed E-state index contributed by atoms with van der Waals surface area (Å²) in [5.41, 5.74) is 0.251. The molecule has 0 rings (SSSR count). The van der Waals surface area contributed by atoms with Gasteiger partial charge in [0, 0.05) is 17.7 Å². The second-order valence-electron chi connectivity index (χ2n) is 4.80. The van der Waals surface area contributed by atoms with Gasteiger partial charge in [-0.05, 0) is 11.8 Å². The fourth-order valence-corrected chi connectivity index (χ4v) is 0.918. The van der Waals surface area contributed by atoms with Crippen molar-refractivity contribution in [3.63, 3.8) is 0 Å². The van der Waals surface area contributed by atoms with Crippen molar-refractivity contribution in [3.05, 3.63) is 37.5 Å². The van der Waals surface area contributed by atoms with Crippen LogP contribution in [0.15, 0.2) is 37.5 Å². The summed E-state index contributed by atoms with van der Waals surface area (Å²) in [7, 11) is 0. The van der Waals surface area contributed by atoms with Gasteiger partial charge in [-0.1, -0.05) is 40.5 Å². The SMILES string of the molecule is C=CC(=O)O.C=CC(=O)OC(=O)C(=C)CC(C)(C)C. The molecule has 0 amide bonds. The van der Waals surface area contributed by atoms with Crippen LogP contribution in [0, 0.1) is 5.41 Å². The highest BCUT2D eigenvalue weighted by molar-refractivity contribution is 5.98. The molecule has 0 radical (unpaired) electrons. The highest BCUT2D eigenvalue weighted by Crippen LogP contribution is 2.23. The third kappa shape index (κ3) is 13.8. The van der Waals surface area contributed by atoms with Gasteiger partial charge in [0.2, 0.25) is 0 Å². The maximum absolute atomic E-state index is 11.2. The van der Waals surface area contributed by atoms with Gasteiger partial charge in [-0.15, -0.1) is 0 Å². The minimum atomic E-state index is -0.981. The van der Waals surface area contributed by atoms with Crippen molar-refractivity contribution < 1.29 is 24.2 Å². The standard InChI is InChI=1S/C11H16O3.C3H4O2/c1-6-9(12)14-10(13)8(2)7-11(3,4)5;1-2-3(4)5/h6H,1-2,7H2,3-5H3;2H,1H2,(H,4,5). The molecular weight excluding hydrogens is 248 g/mol. The number of esters is 2. The second kappa shape index (κ2) is 8.85. The van der Waals surface area contributed by atoms with Crippen molar-refractivity contribution >= 4 is 17.9 Å². The number of ether oxygens (including phenoxy) is 1. The minimum Gasteiger partial charge on any atom is -0.478 e. The lowest BCUT2D eigenvalue weighted by molar-refractivity contribution is -0.153. The molecule has 0 bridgehead atoms. The van der Waals surface area contributed by atoms with Gasteiger partial charge in [-0.2, -0.15) is 0 Å². The molecule has 5 heteroatoms. The number of carboxylic acids is 1. The van der Waals surface area contributed by atoms with Crippen LogP contribution in [0.1, 0.15) is 27.2 Å². The van der Waals surface area contributed by atoms with E-state index >= 15 is 0 Å². The number of carbonyl (C=O) groups excluding carboxylic acids is 2. The molecule has 0 aliphatic rings. The Hall–Kier alpha value is -2.17. The van der Waals surface area contributed by atoms with Gasteiger partial charge in [-0.3, -0.25) is 0 Å². The summed E-state index contributed by atoms with van der Waals surface area (Å²) in [5.74, 6) is -2.40. The van der Waals surface area contributed by atoms with Crippen LogP contribution >= 0.6 is 0 Å². The molecule has 106 valence electrons. The Bertz CT molecular complexity index is 385. The van der Waals surface area contributed by atoms with E-state index in [1.807, 2.05) is 20.8 Å². The van der Waals surface area contributed by atoms with E-state index in [1.165, 1.54) is 0 Å². The Morgan fingerprint density at radius 2 is 1.58 bits per heavy atom. The van der Waals surface area contributed by atoms with Crippen LogP contribution in [0.5, 0.6) is 0 Å². The van der Waals surface area contributed by atoms with Crippen LogP contribution in [-0.2, 0) is 19.1 Å². The summed E-state index contributed by atoms with van der Waals surface area (Å²) in [5, 5.41) is 7.60. The monoisotopic (exact) mass is 268 g/mol. The molecule has 0 saturated carbocycles. The summed E-state index contributed by atoms with van der Waals surface area (Å²) in [6.45, 7) is 15.6. The minimum absolute atomic E-state index is 0.0483. The summed E-state index contributed by atoms with van der Waals surface area (Å²) in [4.78, 5) is 31.1. The first-order valence-electron chi connectivity index (χ1n) is 5.45. The van der Waals surface area contributed by atoms with Crippen molar-refractivity contribution in [1.29, 1.82) is 0 Å². The Morgan fingerprint density at radius 3 is 1.84 bits per heavy atom. The summed E-state index contributed by atoms with van der Waals surface area (Å²) in [6.07, 6.45) is 2.28. The normalized spacial score (nSPS) is 9.42. The second-order valence-corrected chi connectivity index (χ2v) is 4.80. The topological polar surface area (TPSA) is 80.7 Å². The quantitative estimate of drug-likeness (QED) is 0.481. The first-order chi connectivity index (χ1) is 8.53. The highest BCUT2D eigenvalue weighted by Gasteiger charge is 2.18. The Balaban J connectivity index is 0. The molecule has 5 nitrogen and oxygen atoms in total. The average Bonchev–Trinajstić information content (AvgIpc) is 2.27. The smallest absolute Gasteiger partial charge is 0.341 e. The Kier molecular flexibility index (Phi) is 8.94. The molecule has 19 heavy (non-hydrogen) atoms. The average molecular weight is 268 g/mol. The molecule has 0 heterocycles. The molecule has 0 aromatic carbocycles. The maximum atomic E-state index is 11.2. The first kappa shape index (κ1) is 19.2. The largest absolute Gasteiger partial charge is 0.478 e. The molecule has 0 aliphatic carbocycles. The Morgan fingerprint density at radius 1 is 1.16 bits per heavy atom. The van der Waals surface area contributed by atoms with Gasteiger partial charge < -0.3 is 9.84 Å². The van der Waals surface area contributed by atoms with E-state index in [4.69, 9.17) is 5.11 Å². The van der Waals surface area contributed by atoms with Crippen molar-refractivity contribution in [2.45, 2.75) is 27.2 Å². The van der Waals surface area contributed by atoms with E-state index in [0.717, 1.165) is 12.2 Å². The summed E-state index contributed by atoms with van der Waals surface area (Å²) in [6, 6.07) is 0. The van der Waals surface area contributed by atoms with Crippen molar-refractivity contribution in [1.82, 2.24) is 0 Å². The molecule has 0 saturated heterocycles. The predicted octanol–water partition coefficient (Wildman–Crippen LogP) is 2.49. The van der Waals surface area contributed by atoms with Crippen LogP contribution in [0.3, 0.4) is 0 Å². The Labute approximate surface area is 113 Å². The summed E-state index contributed by atoms with van der Waals surface area (Å²) >= 11 is 0. The molecule has 0 fully saturated rings. The van der Waals surface area contributed by atoms with E-state index in [2.05, 4.69) is 24.5 Å². The number of rotatable bonds is 4. The molecule has 0 atom stereocenters. The fraction of sp³-hybridized carbons (Fsp3) is 0.357. The van der Waals surface area contributed by atoms with Gasteiger partial charge >= 0.3 is 17.9 Å². The van der Waals surface area contributed by atoms with Crippen molar-refractivity contribution in [2.24, 2.45) is 5.41 Å². The molecule has 1 N–H and O–H groups in total. The fourth-order valence-electron chi connectivity index (χ4n) is 0.918. The zero-order valence-electron chi connectivity index (χ0n) is 11.6. The molecule has 0 spiro atoms. The van der Waals surface area contributed by atoms with Crippen LogP contribution < -0.4 is 0 Å². The van der Waals surface area contributed by atoms with E-state index in [1.54, 1.807) is 0 Å². The zero-order chi connectivity index (χ0) is 15.6. The highest BCUT2D eigenvalue weighted by atomic mass is 16.6. The van der Waals surface area contributed by atoms with E-state index in [9.17, 15) is 14.4 Å². The van der Waals surface area contributed by atoms with Crippen LogP contribution in [0.2, 0.25) is 0 Å². The van der Waals surface area contributed by atoms with Gasteiger partial charge in [0.1, 0.15) is 0 Å². The molecule has 0 unspecified atom stereocenters. The molecule has 0 aromatic heterocycles. The molecule has 0 aliphatic heterocycles. The first-order valence-corrected chi connectivity index (χ1v) is 5.45. The van der Waals surface area contributed by atoms with Crippen molar-refractivity contribution in [3.8, 4) is 0 Å². The van der Waals surface area contributed by atoms with Crippen molar-refractivity contribution in [2.75, 3.05) is 0 Å². The lowest BCUT2D eigenvalue weighted by atomic mass is 9.88. The van der Waals surface area contributed by atoms with Gasteiger partial charge in [0.25, 0.3) is 0 Å². The number of carboxylic acid groups (broad SMARTS) is 1. The van der Waals surface area contributed by atoms with Gasteiger partial charge in [0.05, 0.1) is 0 Å². The third-order valence-electron chi connectivity index (χ3n) is 1.57. The predicted molar refractivity (Wildman–Crippen MR) is 72.3 cm³/mol. The van der Waals surface area contributed by atoms with Gasteiger partial charge in [0.15, 0.2) is 0 Å². The van der Waals surface area contributed by atoms with Crippen LogP contribution in [-0.4, -0.2) is 23.0 Å². The lowest BCUT2D eigenvalue weighted by Gasteiger charge is -2.18. The number of hydrogen-bond acceptors (Lipinski definition) is 4. The van der Waals surface area contributed by atoms with E-state index in [0.29, 0.717) is 12.0 Å². The van der Waals surface area contributed by atoms with E-state index in [-0.39, 0.29) is 5.41 Å². The molecule has 0 aromatic rings. The van der Waals surface area contributed by atoms with Crippen LogP contribution in [0.25, 0.3) is 0 Å². The summed E-state index contributed by atoms with van der Waals surface area (Å²) < 4.78 is 4.41. The van der Waals surface area contributed by atoms with Gasteiger partial charge in [-0.25, -0.2) is 14.4 Å².